The van der Waals surface area contributed by atoms with Gasteiger partial charge >= 0.3 is 0 Å². The molecule has 0 aliphatic rings. The van der Waals surface area contributed by atoms with E-state index in [1.807, 2.05) is 24.3 Å². The van der Waals surface area contributed by atoms with Gasteiger partial charge in [-0.05, 0) is 56.2 Å². The number of aryl methyl sites for hydroxylation is 2. The summed E-state index contributed by atoms with van der Waals surface area (Å²) < 4.78 is 13.0. The zero-order valence-corrected chi connectivity index (χ0v) is 11.8. The van der Waals surface area contributed by atoms with Gasteiger partial charge in [-0.1, -0.05) is 6.07 Å². The zero-order chi connectivity index (χ0) is 13.1. The van der Waals surface area contributed by atoms with E-state index >= 15 is 0 Å². The van der Waals surface area contributed by atoms with Gasteiger partial charge in [0.05, 0.1) is 0 Å². The van der Waals surface area contributed by atoms with Crippen LogP contribution in [0.4, 0.5) is 4.39 Å². The van der Waals surface area contributed by atoms with Gasteiger partial charge in [-0.3, -0.25) is 0 Å². The Morgan fingerprint density at radius 1 is 1.22 bits per heavy atom. The van der Waals surface area contributed by atoms with E-state index in [4.69, 9.17) is 0 Å². The predicted octanol–water partition coefficient (Wildman–Crippen LogP) is 4.35. The quantitative estimate of drug-likeness (QED) is 0.864. The minimum absolute atomic E-state index is 0.168. The lowest BCUT2D eigenvalue weighted by molar-refractivity contribution is 0.578. The van der Waals surface area contributed by atoms with Crippen molar-refractivity contribution >= 4 is 11.3 Å². The van der Waals surface area contributed by atoms with Gasteiger partial charge in [0.25, 0.3) is 0 Å². The Bertz CT molecular complexity index is 533. The van der Waals surface area contributed by atoms with Gasteiger partial charge in [-0.2, -0.15) is 0 Å². The molecule has 0 radical (unpaired) electrons. The van der Waals surface area contributed by atoms with Crippen molar-refractivity contribution in [3.63, 3.8) is 0 Å². The summed E-state index contributed by atoms with van der Waals surface area (Å²) in [5, 5.41) is 3.48. The molecule has 0 spiro atoms. The molecule has 96 valence electrons. The molecule has 0 aliphatic carbocycles. The van der Waals surface area contributed by atoms with Crippen LogP contribution in [0.15, 0.2) is 30.3 Å². The summed E-state index contributed by atoms with van der Waals surface area (Å²) in [6.45, 7) is 6.99. The molecular formula is C15H18FNS. The van der Waals surface area contributed by atoms with Crippen molar-refractivity contribution in [2.24, 2.45) is 0 Å². The van der Waals surface area contributed by atoms with Crippen molar-refractivity contribution < 1.29 is 4.39 Å². The van der Waals surface area contributed by atoms with Crippen LogP contribution < -0.4 is 5.32 Å². The molecule has 0 fully saturated rings. The van der Waals surface area contributed by atoms with Gasteiger partial charge in [-0.25, -0.2) is 4.39 Å². The van der Waals surface area contributed by atoms with Gasteiger partial charge in [0.2, 0.25) is 0 Å². The van der Waals surface area contributed by atoms with Gasteiger partial charge in [-0.15, -0.1) is 11.3 Å². The lowest BCUT2D eigenvalue weighted by Gasteiger charge is -2.13. The molecule has 0 saturated carbocycles. The average molecular weight is 263 g/mol. The van der Waals surface area contributed by atoms with Gasteiger partial charge in [0.1, 0.15) is 5.82 Å². The maximum absolute atomic E-state index is 13.0. The molecule has 0 bridgehead atoms. The molecule has 1 heterocycles. The van der Waals surface area contributed by atoms with E-state index in [9.17, 15) is 4.39 Å². The number of nitrogens with one attached hydrogen (secondary N) is 1. The molecule has 2 rings (SSSR count). The minimum atomic E-state index is -0.168. The van der Waals surface area contributed by atoms with Gasteiger partial charge in [0.15, 0.2) is 0 Å². The van der Waals surface area contributed by atoms with E-state index in [0.717, 1.165) is 17.7 Å². The molecule has 3 heteroatoms. The fraction of sp³-hybridized carbons (Fsp3) is 0.333. The largest absolute Gasteiger partial charge is 0.305 e. The molecule has 1 aromatic carbocycles. The van der Waals surface area contributed by atoms with Crippen molar-refractivity contribution in [1.29, 1.82) is 0 Å². The highest BCUT2D eigenvalue weighted by molar-refractivity contribution is 7.12. The highest BCUT2D eigenvalue weighted by atomic mass is 32.1. The minimum Gasteiger partial charge on any atom is -0.305 e. The van der Waals surface area contributed by atoms with Crippen LogP contribution in [0.1, 0.15) is 33.8 Å². The van der Waals surface area contributed by atoms with E-state index in [1.54, 1.807) is 6.07 Å². The maximum atomic E-state index is 13.0. The normalized spacial score (nSPS) is 12.7. The Kier molecular flexibility index (Phi) is 4.15. The first-order chi connectivity index (χ1) is 8.56. The maximum Gasteiger partial charge on any atom is 0.123 e. The lowest BCUT2D eigenvalue weighted by atomic mass is 10.1. The third-order valence-corrected chi connectivity index (χ3v) is 4.27. The molecule has 1 unspecified atom stereocenters. The molecule has 0 amide bonds. The van der Waals surface area contributed by atoms with E-state index in [-0.39, 0.29) is 5.82 Å². The fourth-order valence-corrected chi connectivity index (χ4v) is 2.81. The Hall–Kier alpha value is -1.19. The van der Waals surface area contributed by atoms with E-state index in [0.29, 0.717) is 6.04 Å². The summed E-state index contributed by atoms with van der Waals surface area (Å²) in [7, 11) is 0. The molecular weight excluding hydrogens is 245 g/mol. The molecule has 18 heavy (non-hydrogen) atoms. The van der Waals surface area contributed by atoms with E-state index < -0.39 is 0 Å². The third-order valence-electron chi connectivity index (χ3n) is 3.09. The van der Waals surface area contributed by atoms with Gasteiger partial charge in [0, 0.05) is 22.3 Å². The average Bonchev–Trinajstić information content (AvgIpc) is 2.74. The molecule has 2 aromatic rings. The molecule has 1 aromatic heterocycles. The van der Waals surface area contributed by atoms with Crippen molar-refractivity contribution in [1.82, 2.24) is 5.32 Å². The van der Waals surface area contributed by atoms with Crippen LogP contribution in [0.3, 0.4) is 0 Å². The van der Waals surface area contributed by atoms with Crippen molar-refractivity contribution in [3.8, 4) is 0 Å². The second-order valence-electron chi connectivity index (χ2n) is 4.62. The fourth-order valence-electron chi connectivity index (χ4n) is 1.91. The highest BCUT2D eigenvalue weighted by Crippen LogP contribution is 2.22. The summed E-state index contributed by atoms with van der Waals surface area (Å²) in [5.41, 5.74) is 2.15. The Labute approximate surface area is 112 Å². The van der Waals surface area contributed by atoms with Crippen LogP contribution in [0.25, 0.3) is 0 Å². The van der Waals surface area contributed by atoms with Crippen LogP contribution in [-0.2, 0) is 6.54 Å². The summed E-state index contributed by atoms with van der Waals surface area (Å²) in [6, 6.07) is 9.58. The SMILES string of the molecule is Cc1ccc(C(C)NCc2ccc(F)cc2C)s1. The molecule has 1 N–H and O–H groups in total. The Morgan fingerprint density at radius 2 is 2.00 bits per heavy atom. The first-order valence-corrected chi connectivity index (χ1v) is 6.92. The number of thiophene rings is 1. The van der Waals surface area contributed by atoms with Crippen molar-refractivity contribution in [3.05, 3.63) is 57.0 Å². The van der Waals surface area contributed by atoms with Crippen molar-refractivity contribution in [2.45, 2.75) is 33.4 Å². The number of benzene rings is 1. The zero-order valence-electron chi connectivity index (χ0n) is 11.0. The standard InChI is InChI=1S/C15H18FNS/c1-10-8-14(16)6-5-13(10)9-17-12(3)15-7-4-11(2)18-15/h4-8,12,17H,9H2,1-3H3. The Balaban J connectivity index is 1.99. The monoisotopic (exact) mass is 263 g/mol. The Morgan fingerprint density at radius 3 is 2.61 bits per heavy atom. The second-order valence-corrected chi connectivity index (χ2v) is 5.94. The lowest BCUT2D eigenvalue weighted by Crippen LogP contribution is -2.17. The number of halogens is 1. The summed E-state index contributed by atoms with van der Waals surface area (Å²) >= 11 is 1.82. The van der Waals surface area contributed by atoms with Crippen LogP contribution in [0.5, 0.6) is 0 Å². The summed E-state index contributed by atoms with van der Waals surface area (Å²) in [5.74, 6) is -0.168. The molecule has 0 saturated heterocycles. The molecule has 1 atom stereocenters. The van der Waals surface area contributed by atoms with E-state index in [1.165, 1.54) is 15.8 Å². The third kappa shape index (κ3) is 3.18. The van der Waals surface area contributed by atoms with Crippen LogP contribution in [-0.4, -0.2) is 0 Å². The predicted molar refractivity (Wildman–Crippen MR) is 75.4 cm³/mol. The van der Waals surface area contributed by atoms with Crippen molar-refractivity contribution in [2.75, 3.05) is 0 Å². The second kappa shape index (κ2) is 5.63. The number of hydrogen-bond donors (Lipinski definition) is 1. The summed E-state index contributed by atoms with van der Waals surface area (Å²) in [4.78, 5) is 2.67. The number of hydrogen-bond acceptors (Lipinski definition) is 2. The highest BCUT2D eigenvalue weighted by Gasteiger charge is 2.08. The molecule has 1 nitrogen and oxygen atoms in total. The first kappa shape index (κ1) is 13.2. The number of rotatable bonds is 4. The topological polar surface area (TPSA) is 12.0 Å². The summed E-state index contributed by atoms with van der Waals surface area (Å²) in [6.07, 6.45) is 0. The molecule has 0 aliphatic heterocycles. The van der Waals surface area contributed by atoms with Crippen LogP contribution >= 0.6 is 11.3 Å². The van der Waals surface area contributed by atoms with Crippen LogP contribution in [0.2, 0.25) is 0 Å². The first-order valence-electron chi connectivity index (χ1n) is 6.11. The van der Waals surface area contributed by atoms with Gasteiger partial charge < -0.3 is 5.32 Å². The smallest absolute Gasteiger partial charge is 0.123 e. The van der Waals surface area contributed by atoms with E-state index in [2.05, 4.69) is 31.3 Å². The van der Waals surface area contributed by atoms with Crippen LogP contribution in [0, 0.1) is 19.7 Å².